The monoisotopic (exact) mass is 337 g/mol. The molecular weight excluding hydrogens is 318 g/mol. The number of rotatable bonds is 4. The minimum Gasteiger partial charge on any atom is -0.426 e. The Hall–Kier alpha value is -3.02. The van der Waals surface area contributed by atoms with Gasteiger partial charge in [-0.1, -0.05) is 18.2 Å². The van der Waals surface area contributed by atoms with Crippen LogP contribution in [-0.2, 0) is 0 Å². The van der Waals surface area contributed by atoms with Crippen LogP contribution in [0, 0.1) is 0 Å². The molecule has 1 aromatic carbocycles. The fraction of sp³-hybridized carbons (Fsp3) is 0.263. The maximum absolute atomic E-state index is 12.7. The summed E-state index contributed by atoms with van der Waals surface area (Å²) in [7, 11) is 0. The third kappa shape index (κ3) is 3.42. The van der Waals surface area contributed by atoms with Gasteiger partial charge in [-0.3, -0.25) is 4.79 Å². The second-order valence-corrected chi connectivity index (χ2v) is 6.10. The molecule has 1 amide bonds. The lowest BCUT2D eigenvalue weighted by Crippen LogP contribution is -2.39. The average molecular weight is 337 g/mol. The van der Waals surface area contributed by atoms with Crippen LogP contribution in [-0.4, -0.2) is 33.9 Å². The van der Waals surface area contributed by atoms with Crippen LogP contribution in [0.25, 0.3) is 0 Å². The van der Waals surface area contributed by atoms with Crippen LogP contribution < -0.4 is 4.74 Å². The normalized spacial score (nSPS) is 17.4. The third-order valence-electron chi connectivity index (χ3n) is 4.37. The van der Waals surface area contributed by atoms with Gasteiger partial charge in [0.1, 0.15) is 11.6 Å². The number of piperidine rings is 1. The van der Waals surface area contributed by atoms with E-state index in [-0.39, 0.29) is 11.8 Å². The number of amides is 1. The van der Waals surface area contributed by atoms with Gasteiger partial charge in [-0.15, -0.1) is 0 Å². The smallest absolute Gasteiger partial charge is 0.290 e. The molecule has 25 heavy (non-hydrogen) atoms. The van der Waals surface area contributed by atoms with E-state index in [9.17, 15) is 4.79 Å². The van der Waals surface area contributed by atoms with E-state index in [1.165, 1.54) is 0 Å². The van der Waals surface area contributed by atoms with Crippen molar-refractivity contribution in [2.75, 3.05) is 13.1 Å². The summed E-state index contributed by atoms with van der Waals surface area (Å²) in [5.74, 6) is 2.35. The SMILES string of the molecule is O=C(c1ccc(Oc2ccccc2)o1)N1CCC[C@@H](c2ncc[nH]2)C1. The number of nitrogens with one attached hydrogen (secondary N) is 1. The molecule has 2 aromatic heterocycles. The van der Waals surface area contributed by atoms with Crippen LogP contribution in [0.2, 0.25) is 0 Å². The molecule has 0 saturated carbocycles. The molecule has 128 valence electrons. The molecule has 0 radical (unpaired) electrons. The molecule has 6 nitrogen and oxygen atoms in total. The molecule has 0 spiro atoms. The van der Waals surface area contributed by atoms with Gasteiger partial charge in [0, 0.05) is 37.5 Å². The van der Waals surface area contributed by atoms with Gasteiger partial charge in [-0.25, -0.2) is 4.98 Å². The average Bonchev–Trinajstić information content (AvgIpc) is 3.34. The van der Waals surface area contributed by atoms with Crippen molar-refractivity contribution in [3.8, 4) is 11.7 Å². The van der Waals surface area contributed by atoms with Gasteiger partial charge in [0.05, 0.1) is 0 Å². The number of benzene rings is 1. The van der Waals surface area contributed by atoms with E-state index in [2.05, 4.69) is 9.97 Å². The van der Waals surface area contributed by atoms with Gasteiger partial charge in [0.15, 0.2) is 5.76 Å². The highest BCUT2D eigenvalue weighted by Crippen LogP contribution is 2.28. The number of aromatic amines is 1. The van der Waals surface area contributed by atoms with Crippen LogP contribution in [0.5, 0.6) is 11.7 Å². The standard InChI is InChI=1S/C19H19N3O3/c23-19(22-12-4-5-14(13-22)18-20-10-11-21-18)16-8-9-17(25-16)24-15-6-2-1-3-7-15/h1-3,6-11,14H,4-5,12-13H2,(H,20,21)/t14-/m1/s1. The Morgan fingerprint density at radius 1 is 1.24 bits per heavy atom. The molecule has 3 heterocycles. The summed E-state index contributed by atoms with van der Waals surface area (Å²) < 4.78 is 11.2. The minimum atomic E-state index is -0.112. The quantitative estimate of drug-likeness (QED) is 0.786. The van der Waals surface area contributed by atoms with E-state index in [0.717, 1.165) is 25.2 Å². The molecular formula is C19H19N3O3. The molecule has 0 aliphatic carbocycles. The number of hydrogen-bond donors (Lipinski definition) is 1. The molecule has 1 fully saturated rings. The van der Waals surface area contributed by atoms with Crippen LogP contribution in [0.4, 0.5) is 0 Å². The van der Waals surface area contributed by atoms with E-state index in [1.807, 2.05) is 41.4 Å². The zero-order valence-corrected chi connectivity index (χ0v) is 13.7. The zero-order chi connectivity index (χ0) is 17.1. The fourth-order valence-corrected chi connectivity index (χ4v) is 3.14. The first-order valence-corrected chi connectivity index (χ1v) is 8.41. The van der Waals surface area contributed by atoms with Gasteiger partial charge in [0.2, 0.25) is 0 Å². The van der Waals surface area contributed by atoms with Crippen LogP contribution >= 0.6 is 0 Å². The maximum atomic E-state index is 12.7. The van der Waals surface area contributed by atoms with Crippen molar-refractivity contribution in [3.63, 3.8) is 0 Å². The first-order valence-electron chi connectivity index (χ1n) is 8.41. The highest BCUT2D eigenvalue weighted by molar-refractivity contribution is 5.91. The highest BCUT2D eigenvalue weighted by Gasteiger charge is 2.28. The summed E-state index contributed by atoms with van der Waals surface area (Å²) in [4.78, 5) is 22.0. The lowest BCUT2D eigenvalue weighted by atomic mass is 9.97. The topological polar surface area (TPSA) is 71.4 Å². The predicted octanol–water partition coefficient (Wildman–Crippen LogP) is 3.81. The number of carbonyl (C=O) groups excluding carboxylic acids is 1. The first kappa shape index (κ1) is 15.5. The number of hydrogen-bond acceptors (Lipinski definition) is 4. The second kappa shape index (κ2) is 6.84. The molecule has 1 saturated heterocycles. The number of furan rings is 1. The first-order chi connectivity index (χ1) is 12.3. The van der Waals surface area contributed by atoms with Crippen LogP contribution in [0.1, 0.15) is 35.1 Å². The Balaban J connectivity index is 1.44. The molecule has 0 bridgehead atoms. The summed E-state index contributed by atoms with van der Waals surface area (Å²) in [6.45, 7) is 1.37. The zero-order valence-electron chi connectivity index (χ0n) is 13.7. The van der Waals surface area contributed by atoms with E-state index in [1.54, 1.807) is 18.3 Å². The number of likely N-dealkylation sites (tertiary alicyclic amines) is 1. The van der Waals surface area contributed by atoms with E-state index in [0.29, 0.717) is 24.0 Å². The summed E-state index contributed by atoms with van der Waals surface area (Å²) in [5, 5.41) is 0. The van der Waals surface area contributed by atoms with Crippen molar-refractivity contribution < 1.29 is 13.9 Å². The molecule has 1 atom stereocenters. The van der Waals surface area contributed by atoms with Crippen molar-refractivity contribution >= 4 is 5.91 Å². The number of aromatic nitrogens is 2. The van der Waals surface area contributed by atoms with Crippen molar-refractivity contribution in [1.82, 2.24) is 14.9 Å². The van der Waals surface area contributed by atoms with Crippen molar-refractivity contribution in [2.45, 2.75) is 18.8 Å². The molecule has 1 aliphatic heterocycles. The number of H-pyrrole nitrogens is 1. The number of carbonyl (C=O) groups is 1. The molecule has 3 aromatic rings. The van der Waals surface area contributed by atoms with Crippen LogP contribution in [0.3, 0.4) is 0 Å². The predicted molar refractivity (Wildman–Crippen MR) is 91.7 cm³/mol. The van der Waals surface area contributed by atoms with E-state index >= 15 is 0 Å². The largest absolute Gasteiger partial charge is 0.426 e. The summed E-state index contributed by atoms with van der Waals surface area (Å²) in [6, 6.07) is 12.7. The van der Waals surface area contributed by atoms with Gasteiger partial charge in [0.25, 0.3) is 11.9 Å². The van der Waals surface area contributed by atoms with Crippen molar-refractivity contribution in [2.24, 2.45) is 0 Å². The van der Waals surface area contributed by atoms with Gasteiger partial charge in [-0.05, 0) is 31.0 Å². The Kier molecular flexibility index (Phi) is 4.24. The Labute approximate surface area is 145 Å². The molecule has 1 aliphatic rings. The molecule has 1 N–H and O–H groups in total. The van der Waals surface area contributed by atoms with E-state index < -0.39 is 0 Å². The summed E-state index contributed by atoms with van der Waals surface area (Å²) >= 11 is 0. The molecule has 4 rings (SSSR count). The van der Waals surface area contributed by atoms with Crippen molar-refractivity contribution in [3.05, 3.63) is 66.4 Å². The highest BCUT2D eigenvalue weighted by atomic mass is 16.6. The van der Waals surface area contributed by atoms with Gasteiger partial charge >= 0.3 is 0 Å². The lowest BCUT2D eigenvalue weighted by Gasteiger charge is -2.31. The number of imidazole rings is 1. The lowest BCUT2D eigenvalue weighted by molar-refractivity contribution is 0.0667. The van der Waals surface area contributed by atoms with Crippen molar-refractivity contribution in [1.29, 1.82) is 0 Å². The fourth-order valence-electron chi connectivity index (χ4n) is 3.14. The summed E-state index contributed by atoms with van der Waals surface area (Å²) in [6.07, 6.45) is 5.54. The molecule has 6 heteroatoms. The summed E-state index contributed by atoms with van der Waals surface area (Å²) in [5.41, 5.74) is 0. The number of para-hydroxylation sites is 1. The van der Waals surface area contributed by atoms with Gasteiger partial charge < -0.3 is 19.0 Å². The Morgan fingerprint density at radius 3 is 2.92 bits per heavy atom. The maximum Gasteiger partial charge on any atom is 0.290 e. The third-order valence-corrected chi connectivity index (χ3v) is 4.37. The number of nitrogens with zero attached hydrogens (tertiary/aromatic N) is 2. The minimum absolute atomic E-state index is 0.112. The van der Waals surface area contributed by atoms with E-state index in [4.69, 9.17) is 9.15 Å². The Morgan fingerprint density at radius 2 is 2.12 bits per heavy atom. The molecule has 0 unspecified atom stereocenters. The Bertz CT molecular complexity index is 827. The van der Waals surface area contributed by atoms with Crippen LogP contribution in [0.15, 0.2) is 59.3 Å². The number of ether oxygens (including phenoxy) is 1. The second-order valence-electron chi connectivity index (χ2n) is 6.10. The van der Waals surface area contributed by atoms with Gasteiger partial charge in [-0.2, -0.15) is 0 Å².